The van der Waals surface area contributed by atoms with E-state index < -0.39 is 23.7 Å². The summed E-state index contributed by atoms with van der Waals surface area (Å²) in [5.41, 5.74) is 4.78. The molecule has 0 aliphatic heterocycles. The third-order valence-corrected chi connectivity index (χ3v) is 3.60. The fourth-order valence-corrected chi connectivity index (χ4v) is 2.23. The van der Waals surface area contributed by atoms with Gasteiger partial charge in [0.15, 0.2) is 6.10 Å². The largest absolute Gasteiger partial charge is 0.484 e. The van der Waals surface area contributed by atoms with Crippen molar-refractivity contribution in [3.63, 3.8) is 0 Å². The second kappa shape index (κ2) is 11.3. The smallest absolute Gasteiger partial charge is 0.325 e. The van der Waals surface area contributed by atoms with Crippen molar-refractivity contribution in [3.05, 3.63) is 30.3 Å². The van der Waals surface area contributed by atoms with Crippen LogP contribution in [0.25, 0.3) is 0 Å². The number of carbonyl (C=O) groups excluding carboxylic acids is 1. The highest BCUT2D eigenvalue weighted by molar-refractivity contribution is 5.85. The van der Waals surface area contributed by atoms with Gasteiger partial charge in [0.1, 0.15) is 17.4 Å². The van der Waals surface area contributed by atoms with Crippen LogP contribution in [0.2, 0.25) is 0 Å². The van der Waals surface area contributed by atoms with Gasteiger partial charge in [0.2, 0.25) is 0 Å². The third-order valence-electron chi connectivity index (χ3n) is 3.60. The van der Waals surface area contributed by atoms with Crippen LogP contribution >= 0.6 is 12.4 Å². The van der Waals surface area contributed by atoms with Gasteiger partial charge in [-0.05, 0) is 45.7 Å². The van der Waals surface area contributed by atoms with Crippen LogP contribution in [0.4, 0.5) is 0 Å². The summed E-state index contributed by atoms with van der Waals surface area (Å²) in [6.07, 6.45) is 0.607. The quantitative estimate of drug-likeness (QED) is 0.633. The molecule has 144 valence electrons. The van der Waals surface area contributed by atoms with Crippen molar-refractivity contribution in [2.75, 3.05) is 6.61 Å². The number of para-hydroxylation sites is 1. The molecule has 25 heavy (non-hydrogen) atoms. The molecule has 3 atom stereocenters. The Bertz CT molecular complexity index is 490. The number of hydrogen-bond donors (Lipinski definition) is 1. The molecule has 0 unspecified atom stereocenters. The predicted octanol–water partition coefficient (Wildman–Crippen LogP) is 3.73. The van der Waals surface area contributed by atoms with Crippen molar-refractivity contribution in [1.82, 2.24) is 0 Å². The van der Waals surface area contributed by atoms with E-state index in [2.05, 4.69) is 6.92 Å². The number of nitrogens with two attached hydrogens (primary N) is 1. The first-order chi connectivity index (χ1) is 11.3. The summed E-state index contributed by atoms with van der Waals surface area (Å²) in [5, 5.41) is 0. The summed E-state index contributed by atoms with van der Waals surface area (Å²) in [7, 11) is 0. The average molecular weight is 374 g/mol. The van der Waals surface area contributed by atoms with Crippen LogP contribution in [0.15, 0.2) is 30.3 Å². The van der Waals surface area contributed by atoms with Gasteiger partial charge in [0.25, 0.3) is 0 Å². The second-order valence-electron chi connectivity index (χ2n) is 6.55. The van der Waals surface area contributed by atoms with Crippen molar-refractivity contribution in [3.8, 4) is 5.75 Å². The van der Waals surface area contributed by atoms with Crippen molar-refractivity contribution < 1.29 is 19.0 Å². The number of hydrogen-bond acceptors (Lipinski definition) is 5. The Kier molecular flexibility index (Phi) is 10.8. The first-order valence-corrected chi connectivity index (χ1v) is 8.62. The molecule has 1 aromatic rings. The molecule has 5 nitrogen and oxygen atoms in total. The van der Waals surface area contributed by atoms with Gasteiger partial charge in [-0.2, -0.15) is 0 Å². The Morgan fingerprint density at radius 1 is 1.20 bits per heavy atom. The van der Waals surface area contributed by atoms with E-state index >= 15 is 0 Å². The minimum absolute atomic E-state index is 0. The molecule has 0 fully saturated rings. The summed E-state index contributed by atoms with van der Waals surface area (Å²) in [6.45, 7) is 9.79. The molecule has 0 spiro atoms. The van der Waals surface area contributed by atoms with Crippen LogP contribution in [-0.4, -0.2) is 36.4 Å². The Morgan fingerprint density at radius 3 is 2.28 bits per heavy atom. The monoisotopic (exact) mass is 373 g/mol. The normalized spacial score (nSPS) is 14.8. The molecule has 6 heteroatoms. The van der Waals surface area contributed by atoms with Crippen LogP contribution in [-0.2, 0) is 14.3 Å². The zero-order valence-electron chi connectivity index (χ0n) is 15.9. The molecule has 0 bridgehead atoms. The van der Waals surface area contributed by atoms with E-state index in [1.807, 2.05) is 44.2 Å². The molecule has 0 heterocycles. The Balaban J connectivity index is 0.00000576. The van der Waals surface area contributed by atoms with Gasteiger partial charge in [0, 0.05) is 6.61 Å². The standard InChI is InChI=1S/C19H31NO4.ClH/c1-6-13-22-16(7-2)17(24-15-11-9-8-10-12-15)14(3)23-18(21)19(4,5)20;/h8-12,14,16-17H,6-7,13,20H2,1-5H3;1H/t14-,16-,17-;/m0./s1. The minimum Gasteiger partial charge on any atom is -0.484 e. The average Bonchev–Trinajstić information content (AvgIpc) is 2.54. The fourth-order valence-electron chi connectivity index (χ4n) is 2.23. The Morgan fingerprint density at radius 2 is 1.80 bits per heavy atom. The molecule has 2 N–H and O–H groups in total. The molecule has 0 radical (unpaired) electrons. The summed E-state index contributed by atoms with van der Waals surface area (Å²) < 4.78 is 17.6. The van der Waals surface area contributed by atoms with Crippen LogP contribution < -0.4 is 10.5 Å². The van der Waals surface area contributed by atoms with Gasteiger partial charge in [-0.3, -0.25) is 4.79 Å². The van der Waals surface area contributed by atoms with Crippen molar-refractivity contribution in [1.29, 1.82) is 0 Å². The van der Waals surface area contributed by atoms with Crippen LogP contribution in [0.5, 0.6) is 5.75 Å². The minimum atomic E-state index is -1.04. The van der Waals surface area contributed by atoms with Crippen LogP contribution in [0.3, 0.4) is 0 Å². The van der Waals surface area contributed by atoms with Gasteiger partial charge >= 0.3 is 5.97 Å². The maximum Gasteiger partial charge on any atom is 0.325 e. The molecule has 0 aliphatic carbocycles. The van der Waals surface area contributed by atoms with Crippen molar-refractivity contribution in [2.24, 2.45) is 5.73 Å². The lowest BCUT2D eigenvalue weighted by Crippen LogP contribution is -2.49. The number of benzene rings is 1. The molecule has 0 aliphatic rings. The summed E-state index contributed by atoms with van der Waals surface area (Å²) in [4.78, 5) is 12.1. The molecule has 1 aromatic carbocycles. The highest BCUT2D eigenvalue weighted by Gasteiger charge is 2.34. The number of esters is 1. The zero-order valence-corrected chi connectivity index (χ0v) is 16.7. The van der Waals surface area contributed by atoms with E-state index in [4.69, 9.17) is 19.9 Å². The lowest BCUT2D eigenvalue weighted by molar-refractivity contribution is -0.163. The first kappa shape index (κ1) is 23.7. The third kappa shape index (κ3) is 8.08. The summed E-state index contributed by atoms with van der Waals surface area (Å²) in [6, 6.07) is 9.48. The van der Waals surface area contributed by atoms with Crippen LogP contribution in [0.1, 0.15) is 47.5 Å². The second-order valence-corrected chi connectivity index (χ2v) is 6.55. The zero-order chi connectivity index (χ0) is 18.2. The van der Waals surface area contributed by atoms with E-state index in [0.717, 1.165) is 18.6 Å². The van der Waals surface area contributed by atoms with E-state index in [0.29, 0.717) is 6.61 Å². The van der Waals surface area contributed by atoms with Gasteiger partial charge in [-0.1, -0.05) is 32.0 Å². The number of rotatable bonds is 10. The molecule has 0 aromatic heterocycles. The lowest BCUT2D eigenvalue weighted by Gasteiger charge is -2.32. The SMILES string of the molecule is CCCO[C@@H](CC)[C@@H](Oc1ccccc1)[C@H](C)OC(=O)C(C)(C)N.Cl. The highest BCUT2D eigenvalue weighted by atomic mass is 35.5. The lowest BCUT2D eigenvalue weighted by atomic mass is 10.0. The molecular formula is C19H32ClNO4. The maximum absolute atomic E-state index is 12.1. The van der Waals surface area contributed by atoms with Gasteiger partial charge < -0.3 is 19.9 Å². The van der Waals surface area contributed by atoms with E-state index in [1.54, 1.807) is 13.8 Å². The summed E-state index contributed by atoms with van der Waals surface area (Å²) >= 11 is 0. The van der Waals surface area contributed by atoms with E-state index in [1.165, 1.54) is 0 Å². The van der Waals surface area contributed by atoms with E-state index in [-0.39, 0.29) is 18.5 Å². The van der Waals surface area contributed by atoms with Gasteiger partial charge in [-0.15, -0.1) is 12.4 Å². The summed E-state index contributed by atoms with van der Waals surface area (Å²) in [5.74, 6) is 0.262. The maximum atomic E-state index is 12.1. The molecule has 0 saturated heterocycles. The molecule has 0 amide bonds. The van der Waals surface area contributed by atoms with Crippen molar-refractivity contribution >= 4 is 18.4 Å². The van der Waals surface area contributed by atoms with Crippen molar-refractivity contribution in [2.45, 2.75) is 71.3 Å². The molecular weight excluding hydrogens is 342 g/mol. The highest BCUT2D eigenvalue weighted by Crippen LogP contribution is 2.21. The number of halogens is 1. The fraction of sp³-hybridized carbons (Fsp3) is 0.632. The number of ether oxygens (including phenoxy) is 3. The Hall–Kier alpha value is -1.30. The van der Waals surface area contributed by atoms with Crippen LogP contribution in [0, 0.1) is 0 Å². The predicted molar refractivity (Wildman–Crippen MR) is 102 cm³/mol. The molecule has 1 rings (SSSR count). The van der Waals surface area contributed by atoms with Gasteiger partial charge in [0.05, 0.1) is 6.10 Å². The first-order valence-electron chi connectivity index (χ1n) is 8.62. The topological polar surface area (TPSA) is 70.8 Å². The van der Waals surface area contributed by atoms with Gasteiger partial charge in [-0.25, -0.2) is 0 Å². The van der Waals surface area contributed by atoms with E-state index in [9.17, 15) is 4.79 Å². The Labute approximate surface area is 157 Å². The molecule has 0 saturated carbocycles. The number of carbonyl (C=O) groups is 1.